The molecule has 1 fully saturated rings. The lowest BCUT2D eigenvalue weighted by molar-refractivity contribution is 0.0926. The van der Waals surface area contributed by atoms with Crippen LogP contribution >= 0.6 is 0 Å². The van der Waals surface area contributed by atoms with Crippen molar-refractivity contribution < 1.29 is 0 Å². The van der Waals surface area contributed by atoms with Gasteiger partial charge in [-0.1, -0.05) is 33.6 Å². The summed E-state index contributed by atoms with van der Waals surface area (Å²) >= 11 is 0. The van der Waals surface area contributed by atoms with Gasteiger partial charge in [0.2, 0.25) is 0 Å². The van der Waals surface area contributed by atoms with Crippen LogP contribution in [0.15, 0.2) is 0 Å². The molecule has 2 nitrogen and oxygen atoms in total. The normalized spacial score (nSPS) is 20.2. The Morgan fingerprint density at radius 1 is 0.938 bits per heavy atom. The molecular formula is C14H30N2. The third-order valence-corrected chi connectivity index (χ3v) is 3.91. The topological polar surface area (TPSA) is 6.48 Å². The fourth-order valence-corrected chi connectivity index (χ4v) is 3.04. The predicted molar refractivity (Wildman–Crippen MR) is 71.9 cm³/mol. The van der Waals surface area contributed by atoms with E-state index in [0.29, 0.717) is 5.41 Å². The Labute approximate surface area is 102 Å². The number of hydrogen-bond donors (Lipinski definition) is 0. The average Bonchev–Trinajstić information content (AvgIpc) is 2.22. The van der Waals surface area contributed by atoms with E-state index in [1.165, 1.54) is 58.4 Å². The van der Waals surface area contributed by atoms with E-state index in [9.17, 15) is 0 Å². The van der Waals surface area contributed by atoms with E-state index in [2.05, 4.69) is 37.6 Å². The molecule has 0 N–H and O–H groups in total. The molecule has 1 rings (SSSR count). The van der Waals surface area contributed by atoms with Crippen molar-refractivity contribution >= 4 is 0 Å². The summed E-state index contributed by atoms with van der Waals surface area (Å²) in [6.45, 7) is 13.4. The van der Waals surface area contributed by atoms with Crippen LogP contribution in [-0.4, -0.2) is 49.6 Å². The van der Waals surface area contributed by atoms with Crippen molar-refractivity contribution in [2.24, 2.45) is 5.41 Å². The van der Waals surface area contributed by atoms with Crippen molar-refractivity contribution in [3.8, 4) is 0 Å². The zero-order chi connectivity index (χ0) is 12.0. The van der Waals surface area contributed by atoms with Crippen LogP contribution in [0.3, 0.4) is 0 Å². The molecule has 0 bridgehead atoms. The third kappa shape index (κ3) is 4.42. The van der Waals surface area contributed by atoms with Gasteiger partial charge in [0.25, 0.3) is 0 Å². The van der Waals surface area contributed by atoms with Crippen LogP contribution in [0.1, 0.15) is 46.5 Å². The maximum absolute atomic E-state index is 2.67. The fourth-order valence-electron chi connectivity index (χ4n) is 3.04. The lowest BCUT2D eigenvalue weighted by Crippen LogP contribution is -2.48. The molecule has 96 valence electrons. The van der Waals surface area contributed by atoms with Crippen LogP contribution < -0.4 is 0 Å². The number of nitrogens with zero attached hydrogens (tertiary/aromatic N) is 2. The summed E-state index contributed by atoms with van der Waals surface area (Å²) in [5.41, 5.74) is 0.555. The zero-order valence-electron chi connectivity index (χ0n) is 11.8. The average molecular weight is 226 g/mol. The second-order valence-electron chi connectivity index (χ2n) is 5.89. The first-order valence-corrected chi connectivity index (χ1v) is 7.00. The first-order chi connectivity index (χ1) is 7.59. The van der Waals surface area contributed by atoms with E-state index in [4.69, 9.17) is 0 Å². The van der Waals surface area contributed by atoms with Gasteiger partial charge in [-0.3, -0.25) is 0 Å². The van der Waals surface area contributed by atoms with E-state index in [1.54, 1.807) is 0 Å². The summed E-state index contributed by atoms with van der Waals surface area (Å²) < 4.78 is 0. The van der Waals surface area contributed by atoms with Crippen molar-refractivity contribution in [2.45, 2.75) is 46.5 Å². The summed E-state index contributed by atoms with van der Waals surface area (Å²) in [4.78, 5) is 5.11. The highest BCUT2D eigenvalue weighted by molar-refractivity contribution is 4.80. The molecule has 0 aromatic heterocycles. The van der Waals surface area contributed by atoms with Gasteiger partial charge in [-0.25, -0.2) is 0 Å². The lowest BCUT2D eigenvalue weighted by atomic mass is 9.80. The van der Waals surface area contributed by atoms with Gasteiger partial charge in [0.1, 0.15) is 0 Å². The van der Waals surface area contributed by atoms with Crippen LogP contribution in [-0.2, 0) is 0 Å². The molecule has 2 heteroatoms. The van der Waals surface area contributed by atoms with Crippen LogP contribution in [0.25, 0.3) is 0 Å². The maximum Gasteiger partial charge on any atom is 0.0110 e. The molecule has 1 saturated heterocycles. The largest absolute Gasteiger partial charge is 0.304 e. The Morgan fingerprint density at radius 2 is 1.44 bits per heavy atom. The summed E-state index contributed by atoms with van der Waals surface area (Å²) in [5.74, 6) is 0. The molecule has 0 radical (unpaired) electrons. The van der Waals surface area contributed by atoms with Gasteiger partial charge in [-0.2, -0.15) is 0 Å². The van der Waals surface area contributed by atoms with Crippen molar-refractivity contribution in [3.63, 3.8) is 0 Å². The maximum atomic E-state index is 2.67. The van der Waals surface area contributed by atoms with Crippen molar-refractivity contribution in [3.05, 3.63) is 0 Å². The smallest absolute Gasteiger partial charge is 0.0110 e. The Kier molecular flexibility index (Phi) is 5.77. The van der Waals surface area contributed by atoms with E-state index in [0.717, 1.165) is 0 Å². The summed E-state index contributed by atoms with van der Waals surface area (Å²) in [7, 11) is 2.23. The second kappa shape index (κ2) is 6.61. The summed E-state index contributed by atoms with van der Waals surface area (Å²) in [6.07, 6.45) is 5.41. The molecule has 0 saturated carbocycles. The number of hydrogen-bond acceptors (Lipinski definition) is 2. The first kappa shape index (κ1) is 14.0. The first-order valence-electron chi connectivity index (χ1n) is 7.00. The highest BCUT2D eigenvalue weighted by Crippen LogP contribution is 2.30. The minimum absolute atomic E-state index is 0.555. The molecule has 1 heterocycles. The van der Waals surface area contributed by atoms with Crippen molar-refractivity contribution in [2.75, 3.05) is 39.8 Å². The van der Waals surface area contributed by atoms with Gasteiger partial charge in [-0.15, -0.1) is 0 Å². The van der Waals surface area contributed by atoms with E-state index >= 15 is 0 Å². The second-order valence-corrected chi connectivity index (χ2v) is 5.89. The molecule has 0 unspecified atom stereocenters. The van der Waals surface area contributed by atoms with Gasteiger partial charge in [0.05, 0.1) is 0 Å². The Hall–Kier alpha value is -0.0800. The molecule has 0 amide bonds. The molecule has 16 heavy (non-hydrogen) atoms. The van der Waals surface area contributed by atoms with Crippen molar-refractivity contribution in [1.82, 2.24) is 9.80 Å². The molecule has 0 aliphatic carbocycles. The highest BCUT2D eigenvalue weighted by atomic mass is 15.2. The minimum Gasteiger partial charge on any atom is -0.304 e. The number of rotatable bonds is 6. The number of piperazine rings is 1. The Balaban J connectivity index is 2.41. The van der Waals surface area contributed by atoms with Crippen LogP contribution in [0.4, 0.5) is 0 Å². The number of likely N-dealkylation sites (N-methyl/N-ethyl adjacent to an activating group) is 1. The molecule has 0 aromatic carbocycles. The third-order valence-electron chi connectivity index (χ3n) is 3.91. The molecule has 1 aliphatic rings. The molecular weight excluding hydrogens is 196 g/mol. The molecule has 0 atom stereocenters. The lowest BCUT2D eigenvalue weighted by Gasteiger charge is -2.39. The Bertz CT molecular complexity index is 177. The van der Waals surface area contributed by atoms with E-state index < -0.39 is 0 Å². The van der Waals surface area contributed by atoms with E-state index in [-0.39, 0.29) is 0 Å². The molecule has 0 aromatic rings. The zero-order valence-corrected chi connectivity index (χ0v) is 11.8. The van der Waals surface area contributed by atoms with Gasteiger partial charge in [0.15, 0.2) is 0 Å². The SMILES string of the molecule is CCCC(C)(CCC)CN1CCN(C)CC1. The highest BCUT2D eigenvalue weighted by Gasteiger charge is 2.26. The van der Waals surface area contributed by atoms with Gasteiger partial charge < -0.3 is 9.80 Å². The Morgan fingerprint density at radius 3 is 1.88 bits per heavy atom. The quantitative estimate of drug-likeness (QED) is 0.687. The van der Waals surface area contributed by atoms with Gasteiger partial charge in [-0.05, 0) is 25.3 Å². The van der Waals surface area contributed by atoms with Crippen LogP contribution in [0.2, 0.25) is 0 Å². The molecule has 1 aliphatic heterocycles. The standard InChI is InChI=1S/C14H30N2/c1-5-7-14(3,8-6-2)13-16-11-9-15(4)10-12-16/h5-13H2,1-4H3. The predicted octanol–water partition coefficient (Wildman–Crippen LogP) is 2.84. The molecule has 0 spiro atoms. The van der Waals surface area contributed by atoms with Gasteiger partial charge in [0, 0.05) is 32.7 Å². The van der Waals surface area contributed by atoms with Crippen LogP contribution in [0.5, 0.6) is 0 Å². The van der Waals surface area contributed by atoms with Crippen molar-refractivity contribution in [1.29, 1.82) is 0 Å². The van der Waals surface area contributed by atoms with Crippen LogP contribution in [0, 0.1) is 5.41 Å². The van der Waals surface area contributed by atoms with Gasteiger partial charge >= 0.3 is 0 Å². The summed E-state index contributed by atoms with van der Waals surface area (Å²) in [6, 6.07) is 0. The van der Waals surface area contributed by atoms with E-state index in [1.807, 2.05) is 0 Å². The minimum atomic E-state index is 0.555. The summed E-state index contributed by atoms with van der Waals surface area (Å²) in [5, 5.41) is 0. The monoisotopic (exact) mass is 226 g/mol. The fraction of sp³-hybridized carbons (Fsp3) is 1.00.